The highest BCUT2D eigenvalue weighted by Gasteiger charge is 2.20. The molecule has 0 aliphatic heterocycles. The highest BCUT2D eigenvalue weighted by Crippen LogP contribution is 2.27. The second-order valence-corrected chi connectivity index (χ2v) is 7.35. The van der Waals surface area contributed by atoms with Gasteiger partial charge < -0.3 is 5.32 Å². The van der Waals surface area contributed by atoms with Gasteiger partial charge in [-0.05, 0) is 26.0 Å². The van der Waals surface area contributed by atoms with Crippen molar-refractivity contribution in [2.75, 3.05) is 5.32 Å². The van der Waals surface area contributed by atoms with Gasteiger partial charge >= 0.3 is 0 Å². The summed E-state index contributed by atoms with van der Waals surface area (Å²) in [6, 6.07) is 12.9. The molecule has 0 aliphatic carbocycles. The summed E-state index contributed by atoms with van der Waals surface area (Å²) in [6.07, 6.45) is 0. The van der Waals surface area contributed by atoms with Crippen LogP contribution in [0.15, 0.2) is 53.9 Å². The molecule has 2 heterocycles. The summed E-state index contributed by atoms with van der Waals surface area (Å²) in [7, 11) is 0. The molecule has 4 aromatic rings. The lowest BCUT2D eigenvalue weighted by atomic mass is 10.1. The molecule has 0 bridgehead atoms. The number of anilines is 1. The van der Waals surface area contributed by atoms with Crippen LogP contribution >= 0.6 is 11.3 Å². The molecular formula is C21H16F2N4OS. The summed E-state index contributed by atoms with van der Waals surface area (Å²) in [5.74, 6) is -2.47. The lowest BCUT2D eigenvalue weighted by Gasteiger charge is -2.08. The molecule has 0 saturated heterocycles. The molecule has 146 valence electrons. The van der Waals surface area contributed by atoms with E-state index in [4.69, 9.17) is 0 Å². The minimum atomic E-state index is -0.929. The van der Waals surface area contributed by atoms with E-state index in [-0.39, 0.29) is 5.82 Å². The fraction of sp³-hybridized carbons (Fsp3) is 0.0952. The zero-order chi connectivity index (χ0) is 20.5. The molecule has 29 heavy (non-hydrogen) atoms. The van der Waals surface area contributed by atoms with Crippen molar-refractivity contribution in [3.8, 4) is 16.4 Å². The predicted octanol–water partition coefficient (Wildman–Crippen LogP) is 5.14. The molecule has 2 aromatic heterocycles. The van der Waals surface area contributed by atoms with E-state index >= 15 is 0 Å². The molecule has 0 saturated carbocycles. The Balaban J connectivity index is 1.66. The van der Waals surface area contributed by atoms with E-state index in [2.05, 4.69) is 15.4 Å². The van der Waals surface area contributed by atoms with Crippen LogP contribution in [0.4, 0.5) is 14.6 Å². The van der Waals surface area contributed by atoms with Gasteiger partial charge in [0.1, 0.15) is 23.0 Å². The van der Waals surface area contributed by atoms with E-state index in [1.54, 1.807) is 13.0 Å². The summed E-state index contributed by atoms with van der Waals surface area (Å²) < 4.78 is 29.3. The van der Waals surface area contributed by atoms with Crippen LogP contribution in [-0.4, -0.2) is 20.7 Å². The third kappa shape index (κ3) is 3.79. The van der Waals surface area contributed by atoms with E-state index in [1.165, 1.54) is 22.1 Å². The van der Waals surface area contributed by atoms with Gasteiger partial charge in [-0.1, -0.05) is 35.9 Å². The van der Waals surface area contributed by atoms with Gasteiger partial charge in [-0.25, -0.2) is 13.8 Å². The maximum absolute atomic E-state index is 13.9. The number of aryl methyl sites for hydroxylation is 2. The smallest absolute Gasteiger partial charge is 0.262 e. The summed E-state index contributed by atoms with van der Waals surface area (Å²) in [5.41, 5.74) is 2.87. The number of hydrogen-bond donors (Lipinski definition) is 1. The molecule has 0 radical (unpaired) electrons. The van der Waals surface area contributed by atoms with Crippen LogP contribution in [0.1, 0.15) is 21.6 Å². The lowest BCUT2D eigenvalue weighted by molar-refractivity contribution is 0.101. The SMILES string of the molecule is Cc1ccc(-c2csc(-n3nc(C)cc3NC(=O)c3c(F)cccc3F)n2)cc1. The molecule has 5 nitrogen and oxygen atoms in total. The van der Waals surface area contributed by atoms with Crippen molar-refractivity contribution in [2.45, 2.75) is 13.8 Å². The number of thiazole rings is 1. The average Bonchev–Trinajstić information content (AvgIpc) is 3.29. The van der Waals surface area contributed by atoms with E-state index in [9.17, 15) is 13.6 Å². The summed E-state index contributed by atoms with van der Waals surface area (Å²) in [5, 5.41) is 9.30. The van der Waals surface area contributed by atoms with Gasteiger partial charge in [-0.15, -0.1) is 11.3 Å². The normalized spacial score (nSPS) is 10.9. The second kappa shape index (κ2) is 7.56. The molecule has 0 unspecified atom stereocenters. The third-order valence-electron chi connectivity index (χ3n) is 4.28. The highest BCUT2D eigenvalue weighted by molar-refractivity contribution is 7.12. The Bertz CT molecular complexity index is 1180. The molecule has 4 rings (SSSR count). The monoisotopic (exact) mass is 410 g/mol. The van der Waals surface area contributed by atoms with E-state index in [0.29, 0.717) is 10.8 Å². The van der Waals surface area contributed by atoms with Crippen molar-refractivity contribution < 1.29 is 13.6 Å². The number of nitrogens with zero attached hydrogens (tertiary/aromatic N) is 3. The number of aromatic nitrogens is 3. The highest BCUT2D eigenvalue weighted by atomic mass is 32.1. The van der Waals surface area contributed by atoms with Crippen molar-refractivity contribution in [1.29, 1.82) is 0 Å². The Morgan fingerprint density at radius 3 is 2.45 bits per heavy atom. The fourth-order valence-corrected chi connectivity index (χ4v) is 3.64. The first-order valence-corrected chi connectivity index (χ1v) is 9.65. The number of rotatable bonds is 4. The van der Waals surface area contributed by atoms with Crippen molar-refractivity contribution >= 4 is 23.1 Å². The van der Waals surface area contributed by atoms with Crippen LogP contribution in [-0.2, 0) is 0 Å². The molecule has 0 fully saturated rings. The van der Waals surface area contributed by atoms with E-state index in [0.717, 1.165) is 29.0 Å². The largest absolute Gasteiger partial charge is 0.306 e. The van der Waals surface area contributed by atoms with Gasteiger partial charge in [-0.3, -0.25) is 4.79 Å². The Morgan fingerprint density at radius 1 is 1.07 bits per heavy atom. The van der Waals surface area contributed by atoms with Gasteiger partial charge in [0, 0.05) is 17.0 Å². The maximum atomic E-state index is 13.9. The van der Waals surface area contributed by atoms with E-state index in [1.807, 2.05) is 36.6 Å². The number of benzene rings is 2. The van der Waals surface area contributed by atoms with Crippen LogP contribution in [0.25, 0.3) is 16.4 Å². The Kier molecular flexibility index (Phi) is 4.94. The molecular weight excluding hydrogens is 394 g/mol. The molecule has 8 heteroatoms. The first kappa shape index (κ1) is 18.9. The maximum Gasteiger partial charge on any atom is 0.262 e. The molecule has 1 amide bonds. The van der Waals surface area contributed by atoms with Gasteiger partial charge in [0.25, 0.3) is 5.91 Å². The van der Waals surface area contributed by atoms with E-state index < -0.39 is 23.1 Å². The molecule has 0 spiro atoms. The molecule has 0 atom stereocenters. The van der Waals surface area contributed by atoms with Gasteiger partial charge in [0.15, 0.2) is 0 Å². The quantitative estimate of drug-likeness (QED) is 0.507. The standard InChI is InChI=1S/C21H16F2N4OS/c1-12-6-8-14(9-7-12)17-11-29-21(24-17)27-18(10-13(2)26-27)25-20(28)19-15(22)4-3-5-16(19)23/h3-11H,1-2H3,(H,25,28). The van der Waals surface area contributed by atoms with Crippen molar-refractivity contribution in [1.82, 2.24) is 14.8 Å². The fourth-order valence-electron chi connectivity index (χ4n) is 2.85. The molecule has 0 aliphatic rings. The molecule has 1 N–H and O–H groups in total. The number of carbonyl (C=O) groups excluding carboxylic acids is 1. The van der Waals surface area contributed by atoms with Gasteiger partial charge in [-0.2, -0.15) is 9.78 Å². The van der Waals surface area contributed by atoms with Crippen LogP contribution in [0.5, 0.6) is 0 Å². The number of carbonyl (C=O) groups is 1. The topological polar surface area (TPSA) is 59.8 Å². The van der Waals surface area contributed by atoms with Crippen LogP contribution in [0, 0.1) is 25.5 Å². The zero-order valence-corrected chi connectivity index (χ0v) is 16.4. The number of hydrogen-bond acceptors (Lipinski definition) is 4. The number of amides is 1. The minimum absolute atomic E-state index is 0.278. The van der Waals surface area contributed by atoms with Gasteiger partial charge in [0.2, 0.25) is 5.13 Å². The van der Waals surface area contributed by atoms with Crippen molar-refractivity contribution in [3.05, 3.63) is 82.4 Å². The van der Waals surface area contributed by atoms with Crippen molar-refractivity contribution in [3.63, 3.8) is 0 Å². The van der Waals surface area contributed by atoms with Crippen LogP contribution in [0.3, 0.4) is 0 Å². The first-order valence-electron chi connectivity index (χ1n) is 8.77. The lowest BCUT2D eigenvalue weighted by Crippen LogP contribution is -2.18. The van der Waals surface area contributed by atoms with Crippen LogP contribution < -0.4 is 5.32 Å². The average molecular weight is 410 g/mol. The number of nitrogens with one attached hydrogen (secondary N) is 1. The Hall–Kier alpha value is -3.39. The second-order valence-electron chi connectivity index (χ2n) is 6.51. The predicted molar refractivity (Wildman–Crippen MR) is 108 cm³/mol. The van der Waals surface area contributed by atoms with Crippen molar-refractivity contribution in [2.24, 2.45) is 0 Å². The van der Waals surface area contributed by atoms with Crippen LogP contribution in [0.2, 0.25) is 0 Å². The first-order chi connectivity index (χ1) is 13.9. The zero-order valence-electron chi connectivity index (χ0n) is 15.6. The Labute approximate surface area is 169 Å². The number of halogens is 2. The summed E-state index contributed by atoms with van der Waals surface area (Å²) in [4.78, 5) is 17.0. The minimum Gasteiger partial charge on any atom is -0.306 e. The third-order valence-corrected chi connectivity index (χ3v) is 5.10. The summed E-state index contributed by atoms with van der Waals surface area (Å²) >= 11 is 1.35. The Morgan fingerprint density at radius 2 is 1.76 bits per heavy atom. The molecule has 2 aromatic carbocycles. The van der Waals surface area contributed by atoms with Gasteiger partial charge in [0.05, 0.1) is 11.4 Å². The summed E-state index contributed by atoms with van der Waals surface area (Å²) in [6.45, 7) is 3.76.